The van der Waals surface area contributed by atoms with E-state index in [4.69, 9.17) is 0 Å². The molecule has 2 unspecified atom stereocenters. The van der Waals surface area contributed by atoms with E-state index >= 15 is 0 Å². The predicted molar refractivity (Wildman–Crippen MR) is 54.5 cm³/mol. The van der Waals surface area contributed by atoms with Gasteiger partial charge in [0, 0.05) is 0 Å². The fourth-order valence-corrected chi connectivity index (χ4v) is 3.21. The van der Waals surface area contributed by atoms with Crippen LogP contribution in [-0.2, 0) is 6.42 Å². The Morgan fingerprint density at radius 1 is 1.33 bits per heavy atom. The van der Waals surface area contributed by atoms with Gasteiger partial charge >= 0.3 is 0 Å². The first-order chi connectivity index (χ1) is 7.20. The molecule has 0 spiro atoms. The Kier molecular flexibility index (Phi) is 1.88. The molecule has 80 valence electrons. The van der Waals surface area contributed by atoms with Crippen molar-refractivity contribution in [1.29, 1.82) is 0 Å². The van der Waals surface area contributed by atoms with Crippen molar-refractivity contribution in [3.8, 4) is 0 Å². The van der Waals surface area contributed by atoms with Gasteiger partial charge in [0.2, 0.25) is 0 Å². The van der Waals surface area contributed by atoms with Crippen LogP contribution in [0.1, 0.15) is 31.2 Å². The molecular formula is C13H14F2. The van der Waals surface area contributed by atoms with Crippen LogP contribution in [0.15, 0.2) is 18.2 Å². The molecule has 0 N–H and O–H groups in total. The Bertz CT molecular complexity index is 400. The molecule has 2 aliphatic carbocycles. The van der Waals surface area contributed by atoms with Crippen molar-refractivity contribution < 1.29 is 8.78 Å². The summed E-state index contributed by atoms with van der Waals surface area (Å²) in [4.78, 5) is 0. The summed E-state index contributed by atoms with van der Waals surface area (Å²) in [6.07, 6.45) is 5.72. The average molecular weight is 208 g/mol. The van der Waals surface area contributed by atoms with Crippen molar-refractivity contribution in [1.82, 2.24) is 0 Å². The maximum absolute atomic E-state index is 13.4. The van der Waals surface area contributed by atoms with Gasteiger partial charge in [0.1, 0.15) is 11.6 Å². The average Bonchev–Trinajstić information content (AvgIpc) is 2.74. The molecule has 15 heavy (non-hydrogen) atoms. The number of rotatable bonds is 2. The molecule has 0 aliphatic heterocycles. The minimum atomic E-state index is -0.321. The highest BCUT2D eigenvalue weighted by Crippen LogP contribution is 2.65. The lowest BCUT2D eigenvalue weighted by molar-refractivity contribution is 0.466. The number of hydrogen-bond donors (Lipinski definition) is 0. The van der Waals surface area contributed by atoms with E-state index in [1.165, 1.54) is 43.9 Å². The second-order valence-electron chi connectivity index (χ2n) is 5.07. The van der Waals surface area contributed by atoms with Crippen LogP contribution in [0, 0.1) is 23.0 Å². The fraction of sp³-hybridized carbons (Fsp3) is 0.538. The molecule has 2 heteroatoms. The quantitative estimate of drug-likeness (QED) is 0.695. The summed E-state index contributed by atoms with van der Waals surface area (Å²) in [5.41, 5.74) is 0.911. The zero-order chi connectivity index (χ0) is 10.5. The van der Waals surface area contributed by atoms with E-state index < -0.39 is 0 Å². The van der Waals surface area contributed by atoms with E-state index in [2.05, 4.69) is 0 Å². The zero-order valence-electron chi connectivity index (χ0n) is 8.60. The van der Waals surface area contributed by atoms with E-state index in [-0.39, 0.29) is 11.6 Å². The second-order valence-corrected chi connectivity index (χ2v) is 5.07. The van der Waals surface area contributed by atoms with E-state index in [1.807, 2.05) is 0 Å². The lowest BCUT2D eigenvalue weighted by atomic mass is 9.94. The zero-order valence-corrected chi connectivity index (χ0v) is 8.60. The monoisotopic (exact) mass is 208 g/mol. The van der Waals surface area contributed by atoms with Crippen LogP contribution >= 0.6 is 0 Å². The molecule has 0 bridgehead atoms. The molecule has 1 aromatic carbocycles. The van der Waals surface area contributed by atoms with E-state index in [0.717, 1.165) is 12.3 Å². The van der Waals surface area contributed by atoms with Gasteiger partial charge in [0.25, 0.3) is 0 Å². The molecule has 2 aliphatic rings. The number of benzene rings is 1. The minimum absolute atomic E-state index is 0.247. The highest BCUT2D eigenvalue weighted by atomic mass is 19.1. The highest BCUT2D eigenvalue weighted by Gasteiger charge is 2.56. The van der Waals surface area contributed by atoms with Gasteiger partial charge in [-0.25, -0.2) is 8.78 Å². The lowest BCUT2D eigenvalue weighted by Crippen LogP contribution is -2.06. The third-order valence-electron chi connectivity index (χ3n) is 4.14. The Balaban J connectivity index is 1.85. The first kappa shape index (κ1) is 9.32. The molecule has 2 fully saturated rings. The van der Waals surface area contributed by atoms with Crippen molar-refractivity contribution in [2.45, 2.75) is 32.1 Å². The van der Waals surface area contributed by atoms with Gasteiger partial charge < -0.3 is 0 Å². The largest absolute Gasteiger partial charge is 0.207 e. The number of halogens is 2. The fourth-order valence-electron chi connectivity index (χ4n) is 3.21. The summed E-state index contributed by atoms with van der Waals surface area (Å²) in [5, 5.41) is 0. The summed E-state index contributed by atoms with van der Waals surface area (Å²) >= 11 is 0. The third kappa shape index (κ3) is 1.47. The van der Waals surface area contributed by atoms with Gasteiger partial charge in [-0.05, 0) is 60.8 Å². The topological polar surface area (TPSA) is 0 Å². The SMILES string of the molecule is Fc1ccc(F)c(CC23CCCC2C3)c1. The number of fused-ring (bicyclic) bond motifs is 1. The Labute approximate surface area is 88.3 Å². The maximum atomic E-state index is 13.4. The van der Waals surface area contributed by atoms with Crippen molar-refractivity contribution in [3.05, 3.63) is 35.4 Å². The van der Waals surface area contributed by atoms with Crippen molar-refractivity contribution in [3.63, 3.8) is 0 Å². The third-order valence-corrected chi connectivity index (χ3v) is 4.14. The molecule has 0 radical (unpaired) electrons. The molecule has 0 nitrogen and oxygen atoms in total. The normalized spacial score (nSPS) is 32.8. The Morgan fingerprint density at radius 2 is 2.20 bits per heavy atom. The van der Waals surface area contributed by atoms with Gasteiger partial charge in [-0.1, -0.05) is 6.42 Å². The molecule has 0 amide bonds. The molecule has 0 aromatic heterocycles. The van der Waals surface area contributed by atoms with Crippen LogP contribution in [0.4, 0.5) is 8.78 Å². The Morgan fingerprint density at radius 3 is 2.87 bits per heavy atom. The predicted octanol–water partition coefficient (Wildman–Crippen LogP) is 3.70. The van der Waals surface area contributed by atoms with Crippen LogP contribution in [0.2, 0.25) is 0 Å². The van der Waals surface area contributed by atoms with Crippen LogP contribution in [0.3, 0.4) is 0 Å². The van der Waals surface area contributed by atoms with Crippen LogP contribution in [0.5, 0.6) is 0 Å². The van der Waals surface area contributed by atoms with Crippen LogP contribution < -0.4 is 0 Å². The van der Waals surface area contributed by atoms with Crippen LogP contribution in [0.25, 0.3) is 0 Å². The van der Waals surface area contributed by atoms with Crippen molar-refractivity contribution in [2.75, 3.05) is 0 Å². The summed E-state index contributed by atoms with van der Waals surface area (Å²) in [6, 6.07) is 3.79. The van der Waals surface area contributed by atoms with Crippen molar-refractivity contribution in [2.24, 2.45) is 11.3 Å². The first-order valence-corrected chi connectivity index (χ1v) is 5.64. The molecule has 0 saturated heterocycles. The van der Waals surface area contributed by atoms with Gasteiger partial charge in [-0.15, -0.1) is 0 Å². The molecule has 2 saturated carbocycles. The second kappa shape index (κ2) is 3.03. The maximum Gasteiger partial charge on any atom is 0.126 e. The highest BCUT2D eigenvalue weighted by molar-refractivity contribution is 5.23. The van der Waals surface area contributed by atoms with Gasteiger partial charge in [-0.3, -0.25) is 0 Å². The summed E-state index contributed by atoms with van der Waals surface area (Å²) in [5.74, 6) is 0.224. The number of hydrogen-bond acceptors (Lipinski definition) is 0. The van der Waals surface area contributed by atoms with Crippen LogP contribution in [-0.4, -0.2) is 0 Å². The molecule has 1 aromatic rings. The van der Waals surface area contributed by atoms with Gasteiger partial charge in [0.15, 0.2) is 0 Å². The summed E-state index contributed by atoms with van der Waals surface area (Å²) < 4.78 is 26.4. The molecule has 3 rings (SSSR count). The van der Waals surface area contributed by atoms with Gasteiger partial charge in [-0.2, -0.15) is 0 Å². The molecular weight excluding hydrogens is 194 g/mol. The van der Waals surface area contributed by atoms with Gasteiger partial charge in [0.05, 0.1) is 0 Å². The molecule has 2 atom stereocenters. The van der Waals surface area contributed by atoms with Crippen molar-refractivity contribution >= 4 is 0 Å². The minimum Gasteiger partial charge on any atom is -0.207 e. The van der Waals surface area contributed by atoms with E-state index in [1.54, 1.807) is 0 Å². The van der Waals surface area contributed by atoms with E-state index in [9.17, 15) is 8.78 Å². The van der Waals surface area contributed by atoms with E-state index in [0.29, 0.717) is 11.0 Å². The Hall–Kier alpha value is -0.920. The summed E-state index contributed by atoms with van der Waals surface area (Å²) in [7, 11) is 0. The summed E-state index contributed by atoms with van der Waals surface area (Å²) in [6.45, 7) is 0. The first-order valence-electron chi connectivity index (χ1n) is 5.64. The smallest absolute Gasteiger partial charge is 0.126 e. The standard InChI is InChI=1S/C13H14F2/c14-11-3-4-12(15)9(6-11)7-13-5-1-2-10(13)8-13/h3-4,6,10H,1-2,5,7-8H2. The lowest BCUT2D eigenvalue weighted by Gasteiger charge is -2.12. The molecule has 0 heterocycles.